The molecule has 1 aliphatic heterocycles. The molecule has 3 N–H and O–H groups in total. The van der Waals surface area contributed by atoms with Crippen LogP contribution in [-0.4, -0.2) is 19.4 Å². The van der Waals surface area contributed by atoms with Crippen molar-refractivity contribution in [1.82, 2.24) is 5.43 Å². The van der Waals surface area contributed by atoms with Crippen LogP contribution in [0.1, 0.15) is 18.0 Å². The number of nitrogens with one attached hydrogen (secondary N) is 1. The van der Waals surface area contributed by atoms with Gasteiger partial charge in [0.25, 0.3) is 0 Å². The molecule has 0 saturated heterocycles. The topological polar surface area (TPSA) is 56.5 Å². The lowest BCUT2D eigenvalue weighted by atomic mass is 10.1. The van der Waals surface area contributed by atoms with E-state index in [-0.39, 0.29) is 5.56 Å². The van der Waals surface area contributed by atoms with Gasteiger partial charge in [-0.3, -0.25) is 5.84 Å². The Balaban J connectivity index is 2.32. The van der Waals surface area contributed by atoms with Crippen molar-refractivity contribution in [2.45, 2.75) is 18.6 Å². The van der Waals surface area contributed by atoms with Gasteiger partial charge in [-0.15, -0.1) is 0 Å². The van der Waals surface area contributed by atoms with Crippen LogP contribution in [0.3, 0.4) is 0 Å². The first kappa shape index (κ1) is 13.0. The molecule has 1 atom stereocenters. The molecule has 0 saturated carbocycles. The maximum atomic E-state index is 12.7. The van der Waals surface area contributed by atoms with E-state index in [1.165, 1.54) is 18.2 Å². The van der Waals surface area contributed by atoms with Crippen LogP contribution in [0.25, 0.3) is 0 Å². The molecule has 2 rings (SSSR count). The summed E-state index contributed by atoms with van der Waals surface area (Å²) in [6, 6.07) is 2.17. The van der Waals surface area contributed by atoms with Gasteiger partial charge in [0.2, 0.25) is 0 Å². The smallest absolute Gasteiger partial charge is 0.409 e. The molecule has 18 heavy (non-hydrogen) atoms. The third-order valence-corrected chi connectivity index (χ3v) is 2.60. The average Bonchev–Trinajstić information content (AvgIpc) is 2.52. The van der Waals surface area contributed by atoms with Crippen molar-refractivity contribution >= 4 is 0 Å². The number of halogens is 3. The van der Waals surface area contributed by atoms with E-state index in [4.69, 9.17) is 15.3 Å². The Morgan fingerprint density at radius 2 is 1.83 bits per heavy atom. The Labute approximate surface area is 102 Å². The third-order valence-electron chi connectivity index (χ3n) is 2.60. The molecule has 0 spiro atoms. The number of hydrogen-bond acceptors (Lipinski definition) is 4. The van der Waals surface area contributed by atoms with Crippen LogP contribution in [0.4, 0.5) is 13.2 Å². The highest BCUT2D eigenvalue weighted by Gasteiger charge is 2.40. The molecule has 0 bridgehead atoms. The Kier molecular flexibility index (Phi) is 3.63. The number of rotatable bonds is 2. The van der Waals surface area contributed by atoms with Gasteiger partial charge in [0, 0.05) is 6.42 Å². The highest BCUT2D eigenvalue weighted by molar-refractivity contribution is 5.44. The molecule has 100 valence electrons. The van der Waals surface area contributed by atoms with E-state index in [0.29, 0.717) is 31.1 Å². The molecule has 0 aliphatic carbocycles. The minimum Gasteiger partial charge on any atom is -0.490 e. The lowest BCUT2D eigenvalue weighted by Gasteiger charge is -2.20. The van der Waals surface area contributed by atoms with Crippen LogP contribution in [0.15, 0.2) is 18.2 Å². The van der Waals surface area contributed by atoms with E-state index in [2.05, 4.69) is 0 Å². The summed E-state index contributed by atoms with van der Waals surface area (Å²) in [6.45, 7) is 0.910. The highest BCUT2D eigenvalue weighted by Crippen LogP contribution is 2.37. The van der Waals surface area contributed by atoms with Gasteiger partial charge >= 0.3 is 6.18 Å². The van der Waals surface area contributed by atoms with E-state index in [9.17, 15) is 13.2 Å². The van der Waals surface area contributed by atoms with Gasteiger partial charge in [0.15, 0.2) is 11.5 Å². The number of alkyl halides is 3. The van der Waals surface area contributed by atoms with E-state index in [1.807, 2.05) is 0 Å². The largest absolute Gasteiger partial charge is 0.490 e. The molecule has 7 heteroatoms. The van der Waals surface area contributed by atoms with Crippen molar-refractivity contribution in [3.8, 4) is 11.5 Å². The van der Waals surface area contributed by atoms with Gasteiger partial charge in [-0.25, -0.2) is 5.43 Å². The number of benzene rings is 1. The quantitative estimate of drug-likeness (QED) is 0.631. The van der Waals surface area contributed by atoms with Crippen molar-refractivity contribution in [1.29, 1.82) is 0 Å². The minimum absolute atomic E-state index is 0.00532. The summed E-state index contributed by atoms with van der Waals surface area (Å²) in [7, 11) is 0. The number of ether oxygens (including phenoxy) is 2. The first-order valence-electron chi connectivity index (χ1n) is 5.45. The first-order valence-corrected chi connectivity index (χ1v) is 5.45. The lowest BCUT2D eigenvalue weighted by Crippen LogP contribution is -2.38. The molecule has 0 aromatic heterocycles. The zero-order valence-electron chi connectivity index (χ0n) is 9.46. The van der Waals surface area contributed by atoms with Crippen molar-refractivity contribution < 1.29 is 22.6 Å². The maximum absolute atomic E-state index is 12.7. The molecular weight excluding hydrogens is 249 g/mol. The average molecular weight is 262 g/mol. The molecule has 1 aliphatic rings. The molecule has 1 aromatic rings. The Morgan fingerprint density at radius 3 is 2.44 bits per heavy atom. The predicted molar refractivity (Wildman–Crippen MR) is 58.2 cm³/mol. The van der Waals surface area contributed by atoms with Crippen molar-refractivity contribution in [3.05, 3.63) is 23.8 Å². The highest BCUT2D eigenvalue weighted by atomic mass is 19.4. The summed E-state index contributed by atoms with van der Waals surface area (Å²) < 4.78 is 48.8. The fourth-order valence-electron chi connectivity index (χ4n) is 1.74. The van der Waals surface area contributed by atoms with Crippen molar-refractivity contribution in [2.75, 3.05) is 13.2 Å². The standard InChI is InChI=1S/C11H13F3N2O2/c12-11(13,14)10(16-15)7-2-3-8-9(6-7)18-5-1-4-17-8/h2-3,6,10,16H,1,4-5,15H2. The monoisotopic (exact) mass is 262 g/mol. The van der Waals surface area contributed by atoms with Gasteiger partial charge in [-0.1, -0.05) is 6.07 Å². The summed E-state index contributed by atoms with van der Waals surface area (Å²) >= 11 is 0. The molecule has 0 amide bonds. The van der Waals surface area contributed by atoms with E-state index < -0.39 is 12.2 Å². The van der Waals surface area contributed by atoms with Crippen LogP contribution < -0.4 is 20.7 Å². The normalized spacial score (nSPS) is 17.1. The SMILES string of the molecule is NNC(c1ccc2c(c1)OCCCO2)C(F)(F)F. The van der Waals surface area contributed by atoms with Gasteiger partial charge in [0.05, 0.1) is 13.2 Å². The second-order valence-electron chi connectivity index (χ2n) is 3.90. The van der Waals surface area contributed by atoms with Crippen LogP contribution in [0.5, 0.6) is 11.5 Å². The lowest BCUT2D eigenvalue weighted by molar-refractivity contribution is -0.157. The van der Waals surface area contributed by atoms with Crippen LogP contribution >= 0.6 is 0 Å². The Hall–Kier alpha value is -1.47. The summed E-state index contributed by atoms with van der Waals surface area (Å²) in [5.74, 6) is 5.72. The van der Waals surface area contributed by atoms with Crippen molar-refractivity contribution in [3.63, 3.8) is 0 Å². The molecule has 0 radical (unpaired) electrons. The summed E-state index contributed by atoms with van der Waals surface area (Å²) in [5, 5.41) is 0. The zero-order chi connectivity index (χ0) is 13.2. The van der Waals surface area contributed by atoms with Gasteiger partial charge in [-0.2, -0.15) is 13.2 Å². The molecule has 1 heterocycles. The molecule has 1 aromatic carbocycles. The predicted octanol–water partition coefficient (Wildman–Crippen LogP) is 1.91. The van der Waals surface area contributed by atoms with E-state index in [1.54, 1.807) is 5.43 Å². The molecule has 4 nitrogen and oxygen atoms in total. The summed E-state index contributed by atoms with van der Waals surface area (Å²) in [5.41, 5.74) is 1.75. The molecule has 0 fully saturated rings. The number of nitrogens with two attached hydrogens (primary N) is 1. The first-order chi connectivity index (χ1) is 8.52. The fraction of sp³-hybridized carbons (Fsp3) is 0.455. The van der Waals surface area contributed by atoms with E-state index >= 15 is 0 Å². The minimum atomic E-state index is -4.46. The van der Waals surface area contributed by atoms with Crippen LogP contribution in [-0.2, 0) is 0 Å². The second kappa shape index (κ2) is 5.03. The Bertz CT molecular complexity index is 423. The molecule has 1 unspecified atom stereocenters. The van der Waals surface area contributed by atoms with Gasteiger partial charge < -0.3 is 9.47 Å². The Morgan fingerprint density at radius 1 is 1.17 bits per heavy atom. The molecular formula is C11H13F3N2O2. The van der Waals surface area contributed by atoms with Crippen molar-refractivity contribution in [2.24, 2.45) is 5.84 Å². The third kappa shape index (κ3) is 2.68. The summed E-state index contributed by atoms with van der Waals surface area (Å²) in [4.78, 5) is 0. The fourth-order valence-corrected chi connectivity index (χ4v) is 1.74. The second-order valence-corrected chi connectivity index (χ2v) is 3.90. The number of fused-ring (bicyclic) bond motifs is 1. The number of hydrogen-bond donors (Lipinski definition) is 2. The van der Waals surface area contributed by atoms with Crippen LogP contribution in [0, 0.1) is 0 Å². The zero-order valence-corrected chi connectivity index (χ0v) is 9.46. The van der Waals surface area contributed by atoms with E-state index in [0.717, 1.165) is 0 Å². The van der Waals surface area contributed by atoms with Gasteiger partial charge in [0.1, 0.15) is 6.04 Å². The van der Waals surface area contributed by atoms with Gasteiger partial charge in [-0.05, 0) is 17.7 Å². The van der Waals surface area contributed by atoms with Crippen LogP contribution in [0.2, 0.25) is 0 Å². The maximum Gasteiger partial charge on any atom is 0.409 e. The number of hydrazine groups is 1. The summed E-state index contributed by atoms with van der Waals surface area (Å²) in [6.07, 6.45) is -3.77.